The zero-order chi connectivity index (χ0) is 19.2. The molecule has 1 aromatic carbocycles. The summed E-state index contributed by atoms with van der Waals surface area (Å²) in [6, 6.07) is 10.2. The molecule has 27 heavy (non-hydrogen) atoms. The minimum atomic E-state index is -0.386. The standard InChI is InChI=1S/C19H21ClN4O3/c1-3-9-24(12-17-22-23-19(27-17)16-8-5-10-26-16)13(2)18(25)21-15-7-4-6-14(20)11-15/h4-8,10-11,13H,3,9,12H2,1-2H3,(H,21,25)/t13-/m1/s1. The Morgan fingerprint density at radius 2 is 2.15 bits per heavy atom. The van der Waals surface area contributed by atoms with Gasteiger partial charge in [-0.15, -0.1) is 10.2 Å². The second-order valence-electron chi connectivity index (χ2n) is 6.12. The summed E-state index contributed by atoms with van der Waals surface area (Å²) in [6.45, 7) is 4.98. The molecule has 1 atom stereocenters. The monoisotopic (exact) mass is 388 g/mol. The van der Waals surface area contributed by atoms with E-state index in [2.05, 4.69) is 22.4 Å². The average Bonchev–Trinajstić information content (AvgIpc) is 3.32. The zero-order valence-electron chi connectivity index (χ0n) is 15.2. The van der Waals surface area contributed by atoms with Crippen molar-refractivity contribution in [3.05, 3.63) is 53.6 Å². The number of halogens is 1. The lowest BCUT2D eigenvalue weighted by Gasteiger charge is -2.26. The molecule has 0 fully saturated rings. The number of aromatic nitrogens is 2. The molecule has 0 aliphatic carbocycles. The minimum absolute atomic E-state index is 0.128. The van der Waals surface area contributed by atoms with Gasteiger partial charge in [-0.1, -0.05) is 24.6 Å². The van der Waals surface area contributed by atoms with Crippen LogP contribution in [0, 0.1) is 0 Å². The predicted octanol–water partition coefficient (Wildman–Crippen LogP) is 4.22. The fourth-order valence-electron chi connectivity index (χ4n) is 2.67. The molecule has 0 radical (unpaired) electrons. The van der Waals surface area contributed by atoms with Crippen LogP contribution in [0.5, 0.6) is 0 Å². The summed E-state index contributed by atoms with van der Waals surface area (Å²) in [5, 5.41) is 11.5. The molecule has 3 rings (SSSR count). The highest BCUT2D eigenvalue weighted by atomic mass is 35.5. The highest BCUT2D eigenvalue weighted by Crippen LogP contribution is 2.20. The van der Waals surface area contributed by atoms with Gasteiger partial charge in [0, 0.05) is 10.7 Å². The van der Waals surface area contributed by atoms with Crippen molar-refractivity contribution in [3.63, 3.8) is 0 Å². The van der Waals surface area contributed by atoms with Gasteiger partial charge in [0.25, 0.3) is 5.89 Å². The molecule has 3 aromatic rings. The lowest BCUT2D eigenvalue weighted by Crippen LogP contribution is -2.42. The highest BCUT2D eigenvalue weighted by Gasteiger charge is 2.23. The van der Waals surface area contributed by atoms with Crippen molar-refractivity contribution in [2.24, 2.45) is 0 Å². The number of carbonyl (C=O) groups is 1. The number of carbonyl (C=O) groups excluding carboxylic acids is 1. The van der Waals surface area contributed by atoms with Crippen molar-refractivity contribution in [3.8, 4) is 11.7 Å². The lowest BCUT2D eigenvalue weighted by atomic mass is 10.2. The summed E-state index contributed by atoms with van der Waals surface area (Å²) in [7, 11) is 0. The van der Waals surface area contributed by atoms with Crippen LogP contribution in [0.25, 0.3) is 11.7 Å². The maximum Gasteiger partial charge on any atom is 0.283 e. The van der Waals surface area contributed by atoms with E-state index in [1.807, 2.05) is 11.8 Å². The van der Waals surface area contributed by atoms with E-state index in [9.17, 15) is 4.79 Å². The van der Waals surface area contributed by atoms with E-state index in [-0.39, 0.29) is 11.9 Å². The summed E-state index contributed by atoms with van der Waals surface area (Å²) in [4.78, 5) is 14.6. The van der Waals surface area contributed by atoms with Gasteiger partial charge in [-0.2, -0.15) is 0 Å². The van der Waals surface area contributed by atoms with Gasteiger partial charge in [0.2, 0.25) is 11.8 Å². The molecule has 1 amide bonds. The number of furan rings is 1. The number of nitrogens with one attached hydrogen (secondary N) is 1. The van der Waals surface area contributed by atoms with E-state index in [1.54, 1.807) is 42.7 Å². The number of anilines is 1. The molecule has 0 unspecified atom stereocenters. The van der Waals surface area contributed by atoms with Crippen molar-refractivity contribution >= 4 is 23.2 Å². The molecule has 0 aliphatic rings. The van der Waals surface area contributed by atoms with Gasteiger partial charge < -0.3 is 14.2 Å². The summed E-state index contributed by atoms with van der Waals surface area (Å²) in [5.74, 6) is 1.14. The molecule has 0 spiro atoms. The van der Waals surface area contributed by atoms with Gasteiger partial charge >= 0.3 is 0 Å². The SMILES string of the molecule is CCCN(Cc1nnc(-c2ccco2)o1)[C@H](C)C(=O)Nc1cccc(Cl)c1. The smallest absolute Gasteiger partial charge is 0.283 e. The first-order valence-electron chi connectivity index (χ1n) is 8.73. The number of hydrogen-bond acceptors (Lipinski definition) is 6. The van der Waals surface area contributed by atoms with E-state index in [1.165, 1.54) is 0 Å². The van der Waals surface area contributed by atoms with Crippen LogP contribution in [0.3, 0.4) is 0 Å². The van der Waals surface area contributed by atoms with Gasteiger partial charge in [0.15, 0.2) is 5.76 Å². The van der Waals surface area contributed by atoms with Crippen LogP contribution in [-0.2, 0) is 11.3 Å². The van der Waals surface area contributed by atoms with Gasteiger partial charge in [0.1, 0.15) is 0 Å². The number of rotatable bonds is 8. The Morgan fingerprint density at radius 1 is 1.30 bits per heavy atom. The van der Waals surface area contributed by atoms with Crippen LogP contribution in [0.15, 0.2) is 51.5 Å². The fraction of sp³-hybridized carbons (Fsp3) is 0.316. The summed E-state index contributed by atoms with van der Waals surface area (Å²) >= 11 is 5.98. The normalized spacial score (nSPS) is 12.3. The van der Waals surface area contributed by atoms with Gasteiger partial charge in [-0.3, -0.25) is 9.69 Å². The first-order valence-corrected chi connectivity index (χ1v) is 9.11. The molecular formula is C19H21ClN4O3. The highest BCUT2D eigenvalue weighted by molar-refractivity contribution is 6.30. The lowest BCUT2D eigenvalue weighted by molar-refractivity contribution is -0.121. The van der Waals surface area contributed by atoms with Gasteiger partial charge in [-0.05, 0) is 50.2 Å². The van der Waals surface area contributed by atoms with E-state index in [0.717, 1.165) is 6.42 Å². The largest absolute Gasteiger partial charge is 0.459 e. The number of hydrogen-bond donors (Lipinski definition) is 1. The molecule has 0 saturated carbocycles. The van der Waals surface area contributed by atoms with Crippen LogP contribution < -0.4 is 5.32 Å². The number of amides is 1. The fourth-order valence-corrected chi connectivity index (χ4v) is 2.86. The first kappa shape index (κ1) is 19.1. The molecule has 2 heterocycles. The third-order valence-corrected chi connectivity index (χ3v) is 4.30. The summed E-state index contributed by atoms with van der Waals surface area (Å²) in [6.07, 6.45) is 2.43. The van der Waals surface area contributed by atoms with Crippen LogP contribution >= 0.6 is 11.6 Å². The second-order valence-corrected chi connectivity index (χ2v) is 6.56. The topological polar surface area (TPSA) is 84.4 Å². The third-order valence-electron chi connectivity index (χ3n) is 4.07. The Bertz CT molecular complexity index is 879. The second kappa shape index (κ2) is 8.83. The molecule has 2 aromatic heterocycles. The quantitative estimate of drug-likeness (QED) is 0.621. The molecule has 0 bridgehead atoms. The van der Waals surface area contributed by atoms with Crippen LogP contribution in [-0.4, -0.2) is 33.6 Å². The summed E-state index contributed by atoms with van der Waals surface area (Å²) in [5.41, 5.74) is 0.661. The molecule has 0 saturated heterocycles. The molecular weight excluding hydrogens is 368 g/mol. The van der Waals surface area contributed by atoms with E-state index in [0.29, 0.717) is 41.3 Å². The molecule has 7 nitrogen and oxygen atoms in total. The number of nitrogens with zero attached hydrogens (tertiary/aromatic N) is 3. The van der Waals surface area contributed by atoms with Gasteiger partial charge in [-0.25, -0.2) is 0 Å². The van der Waals surface area contributed by atoms with Crippen molar-refractivity contribution in [2.45, 2.75) is 32.9 Å². The van der Waals surface area contributed by atoms with E-state index >= 15 is 0 Å². The van der Waals surface area contributed by atoms with Crippen LogP contribution in [0.4, 0.5) is 5.69 Å². The van der Waals surface area contributed by atoms with E-state index < -0.39 is 0 Å². The Labute approximate surface area is 162 Å². The zero-order valence-corrected chi connectivity index (χ0v) is 15.9. The first-order chi connectivity index (χ1) is 13.1. The third kappa shape index (κ3) is 4.96. The Morgan fingerprint density at radius 3 is 2.85 bits per heavy atom. The van der Waals surface area contributed by atoms with Crippen LogP contribution in [0.1, 0.15) is 26.2 Å². The Balaban J connectivity index is 1.67. The molecule has 8 heteroatoms. The molecule has 142 valence electrons. The molecule has 0 aliphatic heterocycles. The summed E-state index contributed by atoms with van der Waals surface area (Å²) < 4.78 is 10.9. The predicted molar refractivity (Wildman–Crippen MR) is 102 cm³/mol. The van der Waals surface area contributed by atoms with Crippen molar-refractivity contribution < 1.29 is 13.6 Å². The van der Waals surface area contributed by atoms with Crippen molar-refractivity contribution in [1.29, 1.82) is 0 Å². The molecule has 1 N–H and O–H groups in total. The minimum Gasteiger partial charge on any atom is -0.459 e. The maximum absolute atomic E-state index is 12.6. The average molecular weight is 389 g/mol. The van der Waals surface area contributed by atoms with Crippen molar-refractivity contribution in [1.82, 2.24) is 15.1 Å². The maximum atomic E-state index is 12.6. The van der Waals surface area contributed by atoms with Crippen molar-refractivity contribution in [2.75, 3.05) is 11.9 Å². The number of benzene rings is 1. The van der Waals surface area contributed by atoms with Crippen LogP contribution in [0.2, 0.25) is 5.02 Å². The van der Waals surface area contributed by atoms with E-state index in [4.69, 9.17) is 20.4 Å². The Hall–Kier alpha value is -2.64. The Kier molecular flexibility index (Phi) is 6.26. The van der Waals surface area contributed by atoms with Gasteiger partial charge in [0.05, 0.1) is 18.8 Å².